The number of hydrogen-bond donors (Lipinski definition) is 1. The number of aromatic amines is 1. The lowest BCUT2D eigenvalue weighted by Gasteiger charge is -2.11. The molecule has 3 aromatic carbocycles. The molecule has 0 atom stereocenters. The Morgan fingerprint density at radius 3 is 2.41 bits per heavy atom. The maximum absolute atomic E-state index is 13.8. The summed E-state index contributed by atoms with van der Waals surface area (Å²) in [6.07, 6.45) is 0.961. The molecule has 0 saturated heterocycles. The second-order valence-corrected chi connectivity index (χ2v) is 13.0. The molecular formula is C25H20BrClN2O6S2. The summed E-state index contributed by atoms with van der Waals surface area (Å²) >= 11 is 9.84. The maximum atomic E-state index is 13.8. The summed E-state index contributed by atoms with van der Waals surface area (Å²) in [5, 5.41) is 1.82. The minimum atomic E-state index is -3.94. The van der Waals surface area contributed by atoms with Gasteiger partial charge in [0.15, 0.2) is 0 Å². The number of rotatable bonds is 8. The van der Waals surface area contributed by atoms with Gasteiger partial charge in [-0.1, -0.05) is 51.8 Å². The van der Waals surface area contributed by atoms with E-state index >= 15 is 0 Å². The van der Waals surface area contributed by atoms with Gasteiger partial charge in [-0.2, -0.15) is 8.42 Å². The van der Waals surface area contributed by atoms with Crippen LogP contribution in [0.2, 0.25) is 5.02 Å². The van der Waals surface area contributed by atoms with Crippen LogP contribution in [0.15, 0.2) is 82.2 Å². The number of hydrogen-bond acceptors (Lipinski definition) is 6. The lowest BCUT2D eigenvalue weighted by Crippen LogP contribution is -2.14. The summed E-state index contributed by atoms with van der Waals surface area (Å²) in [4.78, 5) is 3.44. The summed E-state index contributed by atoms with van der Waals surface area (Å²) < 4.78 is 62.2. The van der Waals surface area contributed by atoms with Crippen molar-refractivity contribution in [3.63, 3.8) is 0 Å². The first kappa shape index (κ1) is 25.8. The molecule has 2 aromatic heterocycles. The average molecular weight is 624 g/mol. The molecular weight excluding hydrogens is 604 g/mol. The predicted octanol–water partition coefficient (Wildman–Crippen LogP) is 5.80. The average Bonchev–Trinajstić information content (AvgIpc) is 3.42. The highest BCUT2D eigenvalue weighted by molar-refractivity contribution is 9.10. The highest BCUT2D eigenvalue weighted by Crippen LogP contribution is 2.37. The highest BCUT2D eigenvalue weighted by atomic mass is 79.9. The molecule has 0 aliphatic heterocycles. The lowest BCUT2D eigenvalue weighted by molar-refractivity contribution is 0.222. The maximum Gasteiger partial charge on any atom is 0.268 e. The summed E-state index contributed by atoms with van der Waals surface area (Å²) in [7, 11) is -7.51. The van der Waals surface area contributed by atoms with Gasteiger partial charge in [-0.25, -0.2) is 12.4 Å². The molecule has 5 rings (SSSR count). The van der Waals surface area contributed by atoms with Crippen LogP contribution in [-0.4, -0.2) is 45.3 Å². The topological polar surface area (TPSA) is 107 Å². The second kappa shape index (κ2) is 9.80. The number of aromatic nitrogens is 2. The van der Waals surface area contributed by atoms with Crippen LogP contribution in [0.1, 0.15) is 0 Å². The lowest BCUT2D eigenvalue weighted by atomic mass is 10.2. The molecule has 0 aliphatic rings. The van der Waals surface area contributed by atoms with Crippen LogP contribution in [0, 0.1) is 0 Å². The zero-order chi connectivity index (χ0) is 26.4. The minimum absolute atomic E-state index is 0.0235. The number of fused-ring (bicyclic) bond motifs is 2. The van der Waals surface area contributed by atoms with Gasteiger partial charge in [0, 0.05) is 26.8 Å². The van der Waals surface area contributed by atoms with Crippen molar-refractivity contribution >= 4 is 69.5 Å². The molecule has 0 saturated carbocycles. The van der Waals surface area contributed by atoms with Crippen LogP contribution >= 0.6 is 27.5 Å². The molecule has 5 aromatic rings. The van der Waals surface area contributed by atoms with Crippen molar-refractivity contribution in [3.05, 3.63) is 82.3 Å². The van der Waals surface area contributed by atoms with E-state index in [9.17, 15) is 16.8 Å². The molecule has 0 amide bonds. The van der Waals surface area contributed by atoms with Gasteiger partial charge in [-0.05, 0) is 42.5 Å². The molecule has 8 nitrogen and oxygen atoms in total. The van der Waals surface area contributed by atoms with E-state index in [1.165, 1.54) is 3.97 Å². The van der Waals surface area contributed by atoms with Gasteiger partial charge in [0.1, 0.15) is 19.0 Å². The molecule has 0 spiro atoms. The van der Waals surface area contributed by atoms with E-state index in [2.05, 4.69) is 20.9 Å². The number of nitrogens with one attached hydrogen (secondary N) is 1. The number of halogens is 2. The summed E-state index contributed by atoms with van der Waals surface area (Å²) in [6, 6.07) is 20.7. The minimum Gasteiger partial charge on any atom is -0.489 e. The van der Waals surface area contributed by atoms with E-state index < -0.39 is 20.1 Å². The normalized spacial score (nSPS) is 12.4. The zero-order valence-electron chi connectivity index (χ0n) is 19.3. The monoisotopic (exact) mass is 622 g/mol. The fourth-order valence-electron chi connectivity index (χ4n) is 4.01. The first-order chi connectivity index (χ1) is 17.5. The third-order valence-electron chi connectivity index (χ3n) is 5.59. The summed E-state index contributed by atoms with van der Waals surface area (Å²) in [6.45, 7) is -0.180. The van der Waals surface area contributed by atoms with Crippen molar-refractivity contribution in [1.29, 1.82) is 0 Å². The van der Waals surface area contributed by atoms with E-state index in [1.54, 1.807) is 48.5 Å². The molecule has 37 heavy (non-hydrogen) atoms. The van der Waals surface area contributed by atoms with Crippen LogP contribution in [-0.2, 0) is 24.3 Å². The van der Waals surface area contributed by atoms with E-state index in [0.29, 0.717) is 33.2 Å². The Bertz CT molecular complexity index is 1850. The van der Waals surface area contributed by atoms with Crippen LogP contribution < -0.4 is 4.74 Å². The van der Waals surface area contributed by atoms with Crippen molar-refractivity contribution in [1.82, 2.24) is 8.96 Å². The van der Waals surface area contributed by atoms with Gasteiger partial charge in [-0.15, -0.1) is 0 Å². The number of ether oxygens (including phenoxy) is 1. The van der Waals surface area contributed by atoms with Crippen molar-refractivity contribution < 1.29 is 25.8 Å². The fraction of sp³-hybridized carbons (Fsp3) is 0.120. The van der Waals surface area contributed by atoms with Crippen molar-refractivity contribution in [3.8, 4) is 17.1 Å². The molecule has 0 bridgehead atoms. The third-order valence-corrected chi connectivity index (χ3v) is 8.72. The van der Waals surface area contributed by atoms with Gasteiger partial charge >= 0.3 is 0 Å². The quantitative estimate of drug-likeness (QED) is 0.173. The third kappa shape index (κ3) is 5.27. The molecule has 0 unspecified atom stereocenters. The van der Waals surface area contributed by atoms with E-state index in [0.717, 1.165) is 21.5 Å². The molecule has 192 valence electrons. The fourth-order valence-corrected chi connectivity index (χ4v) is 6.50. The van der Waals surface area contributed by atoms with Crippen molar-refractivity contribution in [2.24, 2.45) is 0 Å². The Morgan fingerprint density at radius 1 is 0.919 bits per heavy atom. The number of H-pyrrole nitrogens is 1. The smallest absolute Gasteiger partial charge is 0.268 e. The Labute approximate surface area is 227 Å². The summed E-state index contributed by atoms with van der Waals surface area (Å²) in [5.41, 5.74) is 2.21. The first-order valence-electron chi connectivity index (χ1n) is 10.9. The van der Waals surface area contributed by atoms with E-state index in [4.69, 9.17) is 20.5 Å². The second-order valence-electron chi connectivity index (χ2n) is 8.24. The van der Waals surface area contributed by atoms with Crippen LogP contribution in [0.3, 0.4) is 0 Å². The highest BCUT2D eigenvalue weighted by Gasteiger charge is 2.25. The Morgan fingerprint density at radius 2 is 1.68 bits per heavy atom. The SMILES string of the molecule is CS(=O)(=O)OCCOc1cc2[nH]c(-c3cc4ccc(Br)cc4n3S(=O)(=O)c3ccccc3)cc2cc1Cl. The standard InChI is InChI=1S/C25H20BrClN2O6S2/c1-36(30,31)35-10-9-34-25-15-21-17(11-20(25)27)12-22(28-21)24-13-16-7-8-18(26)14-23(16)29(24)37(32,33)19-5-3-2-4-6-19/h2-8,11-15,28H,9-10H2,1H3. The predicted molar refractivity (Wildman–Crippen MR) is 147 cm³/mol. The largest absolute Gasteiger partial charge is 0.489 e. The van der Waals surface area contributed by atoms with E-state index in [1.807, 2.05) is 24.3 Å². The number of benzene rings is 3. The van der Waals surface area contributed by atoms with Gasteiger partial charge in [0.2, 0.25) is 0 Å². The molecule has 2 heterocycles. The van der Waals surface area contributed by atoms with E-state index in [-0.39, 0.29) is 18.1 Å². The van der Waals surface area contributed by atoms with Crippen LogP contribution in [0.25, 0.3) is 33.2 Å². The number of nitrogens with zero attached hydrogens (tertiary/aromatic N) is 1. The van der Waals surface area contributed by atoms with Gasteiger partial charge in [0.25, 0.3) is 20.1 Å². The Balaban J connectivity index is 1.60. The molecule has 0 radical (unpaired) electrons. The van der Waals surface area contributed by atoms with Gasteiger partial charge < -0.3 is 9.72 Å². The Hall–Kier alpha value is -2.83. The molecule has 0 aliphatic carbocycles. The van der Waals surface area contributed by atoms with Crippen molar-refractivity contribution in [2.75, 3.05) is 19.5 Å². The summed E-state index contributed by atoms with van der Waals surface area (Å²) in [5.74, 6) is 0.334. The first-order valence-corrected chi connectivity index (χ1v) is 15.4. The van der Waals surface area contributed by atoms with Gasteiger partial charge in [0.05, 0.1) is 33.1 Å². The molecule has 0 fully saturated rings. The van der Waals surface area contributed by atoms with Gasteiger partial charge in [-0.3, -0.25) is 4.18 Å². The Kier molecular flexibility index (Phi) is 6.84. The van der Waals surface area contributed by atoms with Crippen LogP contribution in [0.5, 0.6) is 5.75 Å². The van der Waals surface area contributed by atoms with Crippen LogP contribution in [0.4, 0.5) is 0 Å². The van der Waals surface area contributed by atoms with Crippen molar-refractivity contribution in [2.45, 2.75) is 4.90 Å². The zero-order valence-corrected chi connectivity index (χ0v) is 23.3. The molecule has 12 heteroatoms. The molecule has 1 N–H and O–H groups in total.